The first-order chi connectivity index (χ1) is 14.7. The minimum atomic E-state index is -0.170. The van der Waals surface area contributed by atoms with Gasteiger partial charge in [0, 0.05) is 17.8 Å². The maximum atomic E-state index is 14.2. The molecule has 4 heteroatoms. The number of carbonyl (C=O) groups excluding carboxylic acids is 1. The van der Waals surface area contributed by atoms with E-state index in [9.17, 15) is 9.18 Å². The van der Waals surface area contributed by atoms with E-state index in [1.807, 2.05) is 36.4 Å². The molecule has 0 bridgehead atoms. The van der Waals surface area contributed by atoms with E-state index in [1.54, 1.807) is 6.07 Å². The van der Waals surface area contributed by atoms with Crippen molar-refractivity contribution in [1.82, 2.24) is 4.98 Å². The maximum Gasteiger partial charge on any atom is 0.184 e. The van der Waals surface area contributed by atoms with Crippen molar-refractivity contribution in [2.75, 3.05) is 0 Å². The van der Waals surface area contributed by atoms with Crippen LogP contribution in [0.25, 0.3) is 10.8 Å². The number of rotatable bonds is 5. The Bertz CT molecular complexity index is 1100. The topological polar surface area (TPSA) is 56.0 Å². The van der Waals surface area contributed by atoms with E-state index in [2.05, 4.69) is 11.1 Å². The van der Waals surface area contributed by atoms with Crippen LogP contribution in [0.4, 0.5) is 4.39 Å². The Hall–Kier alpha value is -2.59. The van der Waals surface area contributed by atoms with Gasteiger partial charge in [0.1, 0.15) is 11.5 Å². The van der Waals surface area contributed by atoms with Gasteiger partial charge in [0.25, 0.3) is 0 Å². The molecule has 0 amide bonds. The van der Waals surface area contributed by atoms with Crippen LogP contribution >= 0.6 is 0 Å². The average Bonchev–Trinajstić information content (AvgIpc) is 3.64. The summed E-state index contributed by atoms with van der Waals surface area (Å²) >= 11 is 0. The highest BCUT2D eigenvalue weighted by Crippen LogP contribution is 2.44. The standard InChI is InChI=1S/C26H27FN2O/c27-24-14-13-20(22-3-1-2-4-23(22)24)16-7-9-18(10-8-16)26(30)25-21(17-5-6-17)12-11-19(15-28)29-25/h1-4,11-14,16-18H,5-10,15,28H2. The number of hydrogen-bond donors (Lipinski definition) is 1. The van der Waals surface area contributed by atoms with E-state index in [4.69, 9.17) is 5.73 Å². The van der Waals surface area contributed by atoms with Crippen LogP contribution in [0.1, 0.15) is 77.7 Å². The van der Waals surface area contributed by atoms with Gasteiger partial charge in [-0.25, -0.2) is 9.37 Å². The Morgan fingerprint density at radius 2 is 1.50 bits per heavy atom. The van der Waals surface area contributed by atoms with Gasteiger partial charge in [-0.15, -0.1) is 0 Å². The lowest BCUT2D eigenvalue weighted by Crippen LogP contribution is -2.24. The van der Waals surface area contributed by atoms with Gasteiger partial charge in [0.2, 0.25) is 0 Å². The molecule has 2 N–H and O–H groups in total. The molecule has 0 aliphatic heterocycles. The molecule has 0 atom stereocenters. The Balaban J connectivity index is 1.36. The third-order valence-corrected chi connectivity index (χ3v) is 6.89. The molecule has 2 saturated carbocycles. The van der Waals surface area contributed by atoms with E-state index in [-0.39, 0.29) is 17.5 Å². The van der Waals surface area contributed by atoms with Gasteiger partial charge in [-0.1, -0.05) is 36.4 Å². The molecular weight excluding hydrogens is 375 g/mol. The van der Waals surface area contributed by atoms with E-state index >= 15 is 0 Å². The summed E-state index contributed by atoms with van der Waals surface area (Å²) in [6.45, 7) is 0.357. The molecule has 2 fully saturated rings. The van der Waals surface area contributed by atoms with Crippen molar-refractivity contribution in [2.45, 2.75) is 56.9 Å². The monoisotopic (exact) mass is 402 g/mol. The van der Waals surface area contributed by atoms with Crippen molar-refractivity contribution in [3.63, 3.8) is 0 Å². The van der Waals surface area contributed by atoms with E-state index in [1.165, 1.54) is 5.56 Å². The first-order valence-electron chi connectivity index (χ1n) is 11.1. The highest BCUT2D eigenvalue weighted by atomic mass is 19.1. The zero-order chi connectivity index (χ0) is 20.7. The van der Waals surface area contributed by atoms with Crippen molar-refractivity contribution < 1.29 is 9.18 Å². The van der Waals surface area contributed by atoms with E-state index in [0.717, 1.165) is 55.2 Å². The summed E-state index contributed by atoms with van der Waals surface area (Å²) in [4.78, 5) is 18.0. The summed E-state index contributed by atoms with van der Waals surface area (Å²) in [5, 5.41) is 1.69. The highest BCUT2D eigenvalue weighted by Gasteiger charge is 2.34. The van der Waals surface area contributed by atoms with Crippen molar-refractivity contribution in [3.8, 4) is 0 Å². The molecule has 1 aromatic heterocycles. The molecule has 1 heterocycles. The minimum absolute atomic E-state index is 0.0194. The number of pyridine rings is 1. The van der Waals surface area contributed by atoms with Gasteiger partial charge in [0.15, 0.2) is 5.78 Å². The Labute approximate surface area is 176 Å². The number of benzene rings is 2. The van der Waals surface area contributed by atoms with Gasteiger partial charge in [0.05, 0.1) is 5.69 Å². The molecule has 0 radical (unpaired) electrons. The number of ketones is 1. The molecule has 2 aliphatic rings. The van der Waals surface area contributed by atoms with E-state index in [0.29, 0.717) is 29.5 Å². The summed E-state index contributed by atoms with van der Waals surface area (Å²) < 4.78 is 14.2. The second-order valence-electron chi connectivity index (χ2n) is 8.81. The van der Waals surface area contributed by atoms with Crippen molar-refractivity contribution in [3.05, 3.63) is 76.9 Å². The third kappa shape index (κ3) is 3.54. The van der Waals surface area contributed by atoms with Crippen molar-refractivity contribution >= 4 is 16.6 Å². The van der Waals surface area contributed by atoms with E-state index < -0.39 is 0 Å². The number of nitrogens with zero attached hydrogens (tertiary/aromatic N) is 1. The molecule has 2 aliphatic carbocycles. The summed E-state index contributed by atoms with van der Waals surface area (Å²) in [7, 11) is 0. The number of nitrogens with two attached hydrogens (primary N) is 1. The number of carbonyl (C=O) groups is 1. The zero-order valence-corrected chi connectivity index (χ0v) is 17.1. The molecule has 3 aromatic rings. The molecular formula is C26H27FN2O. The lowest BCUT2D eigenvalue weighted by Gasteiger charge is -2.29. The van der Waals surface area contributed by atoms with Crippen LogP contribution in [0.5, 0.6) is 0 Å². The smallest absolute Gasteiger partial charge is 0.184 e. The summed E-state index contributed by atoms with van der Waals surface area (Å²) in [5.41, 5.74) is 9.55. The number of aromatic nitrogens is 1. The van der Waals surface area contributed by atoms with Crippen molar-refractivity contribution in [2.24, 2.45) is 11.7 Å². The zero-order valence-electron chi connectivity index (χ0n) is 17.1. The largest absolute Gasteiger partial charge is 0.325 e. The number of hydrogen-bond acceptors (Lipinski definition) is 3. The Kier molecular flexibility index (Phi) is 5.11. The van der Waals surface area contributed by atoms with Gasteiger partial charge >= 0.3 is 0 Å². The normalized spacial score (nSPS) is 21.7. The van der Waals surface area contributed by atoms with Crippen molar-refractivity contribution in [1.29, 1.82) is 0 Å². The number of fused-ring (bicyclic) bond motifs is 1. The summed E-state index contributed by atoms with van der Waals surface area (Å²) in [6.07, 6.45) is 5.90. The van der Waals surface area contributed by atoms with Crippen LogP contribution in [-0.2, 0) is 6.54 Å². The lowest BCUT2D eigenvalue weighted by molar-refractivity contribution is 0.0877. The first kappa shape index (κ1) is 19.4. The highest BCUT2D eigenvalue weighted by molar-refractivity contribution is 5.98. The van der Waals surface area contributed by atoms with Gasteiger partial charge in [-0.3, -0.25) is 4.79 Å². The Morgan fingerprint density at radius 1 is 0.867 bits per heavy atom. The average molecular weight is 403 g/mol. The number of halogens is 1. The SMILES string of the molecule is NCc1ccc(C2CC2)c(C(=O)C2CCC(c3ccc(F)c4ccccc34)CC2)n1. The fourth-order valence-corrected chi connectivity index (χ4v) is 5.05. The Morgan fingerprint density at radius 3 is 2.20 bits per heavy atom. The molecule has 154 valence electrons. The molecule has 0 spiro atoms. The van der Waals surface area contributed by atoms with Gasteiger partial charge in [-0.05, 0) is 79.0 Å². The number of Topliss-reactive ketones (excluding diaryl/α,β-unsaturated/α-hetero) is 1. The molecule has 3 nitrogen and oxygen atoms in total. The molecule has 5 rings (SSSR count). The van der Waals surface area contributed by atoms with Gasteiger partial charge < -0.3 is 5.73 Å². The molecule has 0 unspecified atom stereocenters. The van der Waals surface area contributed by atoms with Crippen LogP contribution in [0.3, 0.4) is 0 Å². The molecule has 2 aromatic carbocycles. The van der Waals surface area contributed by atoms with Crippen LogP contribution in [0, 0.1) is 11.7 Å². The predicted molar refractivity (Wildman–Crippen MR) is 117 cm³/mol. The maximum absolute atomic E-state index is 14.2. The van der Waals surface area contributed by atoms with Crippen LogP contribution < -0.4 is 5.73 Å². The lowest BCUT2D eigenvalue weighted by atomic mass is 9.75. The minimum Gasteiger partial charge on any atom is -0.325 e. The quantitative estimate of drug-likeness (QED) is 0.543. The molecule has 30 heavy (non-hydrogen) atoms. The van der Waals surface area contributed by atoms with Crippen LogP contribution in [0.15, 0.2) is 48.5 Å². The second kappa shape index (κ2) is 7.92. The first-order valence-corrected chi connectivity index (χ1v) is 11.1. The fourth-order valence-electron chi connectivity index (χ4n) is 5.05. The predicted octanol–water partition coefficient (Wildman–Crippen LogP) is 5.87. The second-order valence-corrected chi connectivity index (χ2v) is 8.81. The van der Waals surface area contributed by atoms with Crippen LogP contribution in [0.2, 0.25) is 0 Å². The van der Waals surface area contributed by atoms with Crippen LogP contribution in [-0.4, -0.2) is 10.8 Å². The van der Waals surface area contributed by atoms with Gasteiger partial charge in [-0.2, -0.15) is 0 Å². The summed E-state index contributed by atoms with van der Waals surface area (Å²) in [6, 6.07) is 15.2. The third-order valence-electron chi connectivity index (χ3n) is 6.89. The summed E-state index contributed by atoms with van der Waals surface area (Å²) in [5.74, 6) is 0.897. The molecule has 0 saturated heterocycles. The fraction of sp³-hybridized carbons (Fsp3) is 0.385.